The standard InChI is InChI=1S/C19H20N2O3/c1-4-23-19(22)16-11-21-17-13(3)12(2)7-8-15(17)18(16)20-10-14-6-5-9-24-14/h5-9,11H,4,10H2,1-3H3,(H,20,21). The van der Waals surface area contributed by atoms with Crippen LogP contribution in [0.5, 0.6) is 0 Å². The highest BCUT2D eigenvalue weighted by atomic mass is 16.5. The summed E-state index contributed by atoms with van der Waals surface area (Å²) in [6, 6.07) is 7.74. The number of furan rings is 1. The number of nitrogens with one attached hydrogen (secondary N) is 1. The minimum Gasteiger partial charge on any atom is -0.467 e. The molecule has 5 nitrogen and oxygen atoms in total. The number of rotatable bonds is 5. The van der Waals surface area contributed by atoms with Gasteiger partial charge in [-0.2, -0.15) is 0 Å². The molecule has 1 aromatic carbocycles. The molecule has 0 saturated heterocycles. The van der Waals surface area contributed by atoms with Crippen molar-refractivity contribution >= 4 is 22.6 Å². The number of aromatic nitrogens is 1. The van der Waals surface area contributed by atoms with E-state index in [0.29, 0.717) is 18.7 Å². The van der Waals surface area contributed by atoms with E-state index in [1.807, 2.05) is 38.1 Å². The largest absolute Gasteiger partial charge is 0.467 e. The predicted octanol–water partition coefficient (Wildman–Crippen LogP) is 4.23. The number of carbonyl (C=O) groups is 1. The van der Waals surface area contributed by atoms with E-state index in [0.717, 1.165) is 33.5 Å². The van der Waals surface area contributed by atoms with Crippen LogP contribution in [-0.2, 0) is 11.3 Å². The van der Waals surface area contributed by atoms with Gasteiger partial charge in [-0.05, 0) is 44.0 Å². The Kier molecular flexibility index (Phi) is 4.51. The summed E-state index contributed by atoms with van der Waals surface area (Å²) in [7, 11) is 0. The number of carbonyl (C=O) groups excluding carboxylic acids is 1. The number of anilines is 1. The summed E-state index contributed by atoms with van der Waals surface area (Å²) < 4.78 is 10.5. The Morgan fingerprint density at radius 3 is 2.83 bits per heavy atom. The Morgan fingerprint density at radius 1 is 1.29 bits per heavy atom. The van der Waals surface area contributed by atoms with E-state index in [1.54, 1.807) is 19.4 Å². The van der Waals surface area contributed by atoms with Crippen molar-refractivity contribution in [3.8, 4) is 0 Å². The molecule has 3 aromatic rings. The van der Waals surface area contributed by atoms with E-state index in [-0.39, 0.29) is 5.97 Å². The first-order chi connectivity index (χ1) is 11.6. The van der Waals surface area contributed by atoms with Gasteiger partial charge in [0.1, 0.15) is 11.3 Å². The van der Waals surface area contributed by atoms with Gasteiger partial charge in [0.15, 0.2) is 0 Å². The lowest BCUT2D eigenvalue weighted by molar-refractivity contribution is 0.0527. The Labute approximate surface area is 140 Å². The number of esters is 1. The van der Waals surface area contributed by atoms with E-state index in [4.69, 9.17) is 9.15 Å². The molecule has 0 saturated carbocycles. The molecule has 0 radical (unpaired) electrons. The first-order valence-electron chi connectivity index (χ1n) is 7.94. The summed E-state index contributed by atoms with van der Waals surface area (Å²) in [5, 5.41) is 4.21. The maximum absolute atomic E-state index is 12.3. The maximum atomic E-state index is 12.3. The number of benzene rings is 1. The average molecular weight is 324 g/mol. The first kappa shape index (κ1) is 16.1. The predicted molar refractivity (Wildman–Crippen MR) is 93.2 cm³/mol. The van der Waals surface area contributed by atoms with E-state index >= 15 is 0 Å². The minimum absolute atomic E-state index is 0.321. The van der Waals surface area contributed by atoms with E-state index in [1.165, 1.54) is 0 Å². The van der Waals surface area contributed by atoms with Crippen LogP contribution in [0.15, 0.2) is 41.1 Å². The highest BCUT2D eigenvalue weighted by Crippen LogP contribution is 2.30. The maximum Gasteiger partial charge on any atom is 0.341 e. The van der Waals surface area contributed by atoms with Crippen LogP contribution in [0.25, 0.3) is 10.9 Å². The van der Waals surface area contributed by atoms with Crippen molar-refractivity contribution in [1.82, 2.24) is 4.98 Å². The lowest BCUT2D eigenvalue weighted by Gasteiger charge is -2.15. The van der Waals surface area contributed by atoms with E-state index in [2.05, 4.69) is 10.3 Å². The molecule has 1 N–H and O–H groups in total. The molecule has 0 unspecified atom stereocenters. The van der Waals surface area contributed by atoms with E-state index < -0.39 is 0 Å². The molecule has 3 rings (SSSR count). The quantitative estimate of drug-likeness (QED) is 0.711. The second-order valence-electron chi connectivity index (χ2n) is 5.60. The SMILES string of the molecule is CCOC(=O)c1cnc2c(C)c(C)ccc2c1NCc1ccco1. The van der Waals surface area contributed by atoms with Crippen molar-refractivity contribution in [1.29, 1.82) is 0 Å². The lowest BCUT2D eigenvalue weighted by atomic mass is 10.0. The third-order valence-corrected chi connectivity index (χ3v) is 4.08. The highest BCUT2D eigenvalue weighted by Gasteiger charge is 2.18. The van der Waals surface area contributed by atoms with Gasteiger partial charge in [-0.15, -0.1) is 0 Å². The van der Waals surface area contributed by atoms with Crippen LogP contribution < -0.4 is 5.32 Å². The van der Waals surface area contributed by atoms with Crippen molar-refractivity contribution in [3.05, 3.63) is 59.2 Å². The Morgan fingerprint density at radius 2 is 2.12 bits per heavy atom. The molecular weight excluding hydrogens is 304 g/mol. The Balaban J connectivity index is 2.10. The van der Waals surface area contributed by atoms with Gasteiger partial charge in [0.2, 0.25) is 0 Å². The zero-order valence-electron chi connectivity index (χ0n) is 14.1. The molecule has 0 spiro atoms. The van der Waals surface area contributed by atoms with Crippen molar-refractivity contribution in [3.63, 3.8) is 0 Å². The zero-order valence-corrected chi connectivity index (χ0v) is 14.1. The molecule has 0 aliphatic heterocycles. The topological polar surface area (TPSA) is 64.4 Å². The number of hydrogen-bond acceptors (Lipinski definition) is 5. The summed E-state index contributed by atoms with van der Waals surface area (Å²) in [6.45, 7) is 6.67. The first-order valence-corrected chi connectivity index (χ1v) is 7.94. The van der Waals surface area contributed by atoms with Crippen molar-refractivity contribution in [2.75, 3.05) is 11.9 Å². The van der Waals surface area contributed by atoms with Gasteiger partial charge in [0.05, 0.1) is 30.6 Å². The van der Waals surface area contributed by atoms with Crippen LogP contribution in [0.1, 0.15) is 34.2 Å². The van der Waals surface area contributed by atoms with Gasteiger partial charge in [0, 0.05) is 11.6 Å². The van der Waals surface area contributed by atoms with Crippen molar-refractivity contribution in [2.24, 2.45) is 0 Å². The second-order valence-corrected chi connectivity index (χ2v) is 5.60. The van der Waals surface area contributed by atoms with E-state index in [9.17, 15) is 4.79 Å². The van der Waals surface area contributed by atoms with Crippen LogP contribution in [0.2, 0.25) is 0 Å². The Hall–Kier alpha value is -2.82. The van der Waals surface area contributed by atoms with Gasteiger partial charge in [-0.25, -0.2) is 4.79 Å². The normalized spacial score (nSPS) is 10.8. The fourth-order valence-electron chi connectivity index (χ4n) is 2.65. The summed E-state index contributed by atoms with van der Waals surface area (Å²) in [6.07, 6.45) is 3.21. The fraction of sp³-hybridized carbons (Fsp3) is 0.263. The molecule has 0 aliphatic rings. The molecular formula is C19H20N2O3. The van der Waals surface area contributed by atoms with Crippen LogP contribution in [0.4, 0.5) is 5.69 Å². The molecule has 2 heterocycles. The molecule has 0 fully saturated rings. The summed E-state index contributed by atoms with van der Waals surface area (Å²) in [4.78, 5) is 16.8. The molecule has 2 aromatic heterocycles. The van der Waals surface area contributed by atoms with Gasteiger partial charge < -0.3 is 14.5 Å². The molecule has 0 atom stereocenters. The smallest absolute Gasteiger partial charge is 0.341 e. The van der Waals surface area contributed by atoms with Crippen molar-refractivity contribution < 1.29 is 13.9 Å². The Bertz CT molecular complexity index is 870. The minimum atomic E-state index is -0.382. The van der Waals surface area contributed by atoms with Crippen LogP contribution in [0, 0.1) is 13.8 Å². The molecule has 5 heteroatoms. The lowest BCUT2D eigenvalue weighted by Crippen LogP contribution is -2.11. The average Bonchev–Trinajstić information content (AvgIpc) is 3.09. The molecule has 124 valence electrons. The number of aryl methyl sites for hydroxylation is 2. The third kappa shape index (κ3) is 2.97. The van der Waals surface area contributed by atoms with Crippen LogP contribution in [0.3, 0.4) is 0 Å². The summed E-state index contributed by atoms with van der Waals surface area (Å²) in [5.74, 6) is 0.408. The summed E-state index contributed by atoms with van der Waals surface area (Å²) in [5.41, 5.74) is 4.29. The fourth-order valence-corrected chi connectivity index (χ4v) is 2.65. The van der Waals surface area contributed by atoms with Crippen molar-refractivity contribution in [2.45, 2.75) is 27.3 Å². The molecule has 0 aliphatic carbocycles. The van der Waals surface area contributed by atoms with Gasteiger partial charge in [-0.1, -0.05) is 12.1 Å². The summed E-state index contributed by atoms with van der Waals surface area (Å²) >= 11 is 0. The number of nitrogens with zero attached hydrogens (tertiary/aromatic N) is 1. The number of pyridine rings is 1. The van der Waals surface area contributed by atoms with Crippen LogP contribution in [-0.4, -0.2) is 17.6 Å². The number of ether oxygens (including phenoxy) is 1. The molecule has 24 heavy (non-hydrogen) atoms. The third-order valence-electron chi connectivity index (χ3n) is 4.08. The van der Waals surface area contributed by atoms with Gasteiger partial charge in [0.25, 0.3) is 0 Å². The molecule has 0 bridgehead atoms. The second kappa shape index (κ2) is 6.74. The number of fused-ring (bicyclic) bond motifs is 1. The highest BCUT2D eigenvalue weighted by molar-refractivity contribution is 6.05. The van der Waals surface area contributed by atoms with Gasteiger partial charge in [-0.3, -0.25) is 4.98 Å². The zero-order chi connectivity index (χ0) is 17.1. The molecule has 0 amide bonds. The van der Waals surface area contributed by atoms with Crippen LogP contribution >= 0.6 is 0 Å². The van der Waals surface area contributed by atoms with Gasteiger partial charge >= 0.3 is 5.97 Å². The monoisotopic (exact) mass is 324 g/mol. The number of hydrogen-bond donors (Lipinski definition) is 1.